The lowest BCUT2D eigenvalue weighted by molar-refractivity contribution is -0.343. The van der Waals surface area contributed by atoms with Gasteiger partial charge in [0.1, 0.15) is 6.61 Å². The second-order valence-corrected chi connectivity index (χ2v) is 13.7. The van der Waals surface area contributed by atoms with Gasteiger partial charge < -0.3 is 28.3 Å². The summed E-state index contributed by atoms with van der Waals surface area (Å²) in [6.07, 6.45) is 35.7. The van der Waals surface area contributed by atoms with Gasteiger partial charge in [-0.05, 0) is 64.2 Å². The van der Waals surface area contributed by atoms with Gasteiger partial charge in [0, 0.05) is 12.8 Å². The van der Waals surface area contributed by atoms with E-state index in [1.54, 1.807) is 0 Å². The number of ether oxygens (including phenoxy) is 2. The predicted octanol–water partition coefficient (Wildman–Crippen LogP) is 9.58. The van der Waals surface area contributed by atoms with Crippen LogP contribution in [0.2, 0.25) is 0 Å². The zero-order valence-corrected chi connectivity index (χ0v) is 30.3. The van der Waals surface area contributed by atoms with Crippen LogP contribution in [0.15, 0.2) is 24.3 Å². The lowest BCUT2D eigenvalue weighted by Crippen LogP contribution is -2.31. The fourth-order valence-corrected chi connectivity index (χ4v) is 5.47. The maximum atomic E-state index is 12.3. The Morgan fingerprint density at radius 2 is 0.913 bits per heavy atom. The summed E-state index contributed by atoms with van der Waals surface area (Å²) in [5, 5.41) is 0. The summed E-state index contributed by atoms with van der Waals surface area (Å²) < 4.78 is 25.7. The normalized spacial score (nSPS) is 12.7. The Kier molecular flexibility index (Phi) is 32.4. The van der Waals surface area contributed by atoms with Crippen LogP contribution in [0, 0.1) is 0 Å². The minimum Gasteiger partial charge on any atom is -0.790 e. The third-order valence-electron chi connectivity index (χ3n) is 7.93. The molecule has 0 spiro atoms. The van der Waals surface area contributed by atoms with Crippen LogP contribution in [0.4, 0.5) is 0 Å². The minimum absolute atomic E-state index is 0.170. The van der Waals surface area contributed by atoms with Crippen molar-refractivity contribution in [1.82, 2.24) is 0 Å². The number of hydrogen-bond acceptors (Lipinski definition) is 8. The summed E-state index contributed by atoms with van der Waals surface area (Å²) in [5.74, 6) is -0.975. The molecule has 46 heavy (non-hydrogen) atoms. The third-order valence-corrected chi connectivity index (χ3v) is 8.40. The molecule has 0 saturated carbocycles. The second-order valence-electron chi connectivity index (χ2n) is 12.5. The van der Waals surface area contributed by atoms with Crippen molar-refractivity contribution in [2.24, 2.45) is 0 Å². The summed E-state index contributed by atoms with van der Waals surface area (Å²) in [5.41, 5.74) is 0. The van der Waals surface area contributed by atoms with E-state index < -0.39 is 32.5 Å². The number of esters is 2. The van der Waals surface area contributed by atoms with Gasteiger partial charge in [0.05, 0.1) is 14.4 Å². The molecule has 0 bridgehead atoms. The Bertz CT molecular complexity index is 807. The molecule has 0 saturated heterocycles. The molecule has 0 aliphatic rings. The summed E-state index contributed by atoms with van der Waals surface area (Å²) >= 11 is 0. The van der Waals surface area contributed by atoms with E-state index in [0.717, 1.165) is 70.6 Å². The standard InChI is InChI=1S/C37H69O8P/c1-3-5-7-9-11-13-15-17-18-20-21-23-25-27-29-31-36(38)43-33-35(34-44-46(40,41)42)45-37(39)32-30-28-26-24-22-19-16-14-12-10-8-6-4-2/h14,16-18,35H,3-13,15,19-34H2,1-2H3,(H2,40,41,42)/p-2/b16-14-,18-17-/t35-/m1/s1. The van der Waals surface area contributed by atoms with Crippen molar-refractivity contribution in [3.63, 3.8) is 0 Å². The molecule has 0 aromatic heterocycles. The second kappa shape index (κ2) is 33.4. The molecule has 0 N–H and O–H groups in total. The van der Waals surface area contributed by atoms with Gasteiger partial charge in [0.2, 0.25) is 0 Å². The van der Waals surface area contributed by atoms with Gasteiger partial charge in [-0.15, -0.1) is 0 Å². The highest BCUT2D eigenvalue weighted by atomic mass is 31.2. The number of unbranched alkanes of at least 4 members (excludes halogenated alkanes) is 20. The molecule has 9 heteroatoms. The number of hydrogen-bond donors (Lipinski definition) is 0. The smallest absolute Gasteiger partial charge is 0.306 e. The van der Waals surface area contributed by atoms with Crippen LogP contribution in [0.3, 0.4) is 0 Å². The molecular formula is C37H67O8P-2. The van der Waals surface area contributed by atoms with Gasteiger partial charge in [-0.2, -0.15) is 0 Å². The molecule has 0 rings (SSSR count). The van der Waals surface area contributed by atoms with Gasteiger partial charge in [-0.25, -0.2) is 0 Å². The summed E-state index contributed by atoms with van der Waals surface area (Å²) in [6.45, 7) is 3.45. The monoisotopic (exact) mass is 670 g/mol. The molecular weight excluding hydrogens is 603 g/mol. The SMILES string of the molecule is CCCCCC/C=C\CCCCCCCC(=O)O[C@H](COC(=O)CCCCCCC/C=C\CCCCCCCC)COP(=O)([O-])[O-]. The first kappa shape index (κ1) is 44.5. The number of rotatable bonds is 34. The Labute approximate surface area is 281 Å². The van der Waals surface area contributed by atoms with E-state index in [9.17, 15) is 23.9 Å². The number of allylic oxidation sites excluding steroid dienone is 4. The summed E-state index contributed by atoms with van der Waals surface area (Å²) in [6, 6.07) is 0. The maximum Gasteiger partial charge on any atom is 0.306 e. The van der Waals surface area contributed by atoms with Crippen LogP contribution in [-0.2, 0) is 28.2 Å². The molecule has 0 aromatic rings. The molecule has 0 aliphatic carbocycles. The largest absolute Gasteiger partial charge is 0.790 e. The number of carbonyl (C=O) groups is 2. The number of phosphoric acid groups is 1. The highest BCUT2D eigenvalue weighted by Crippen LogP contribution is 2.25. The molecule has 0 aliphatic heterocycles. The van der Waals surface area contributed by atoms with Crippen LogP contribution in [0.25, 0.3) is 0 Å². The van der Waals surface area contributed by atoms with Gasteiger partial charge in [0.15, 0.2) is 6.10 Å². The molecule has 1 atom stereocenters. The van der Waals surface area contributed by atoms with Crippen molar-refractivity contribution in [3.8, 4) is 0 Å². The van der Waals surface area contributed by atoms with Crippen molar-refractivity contribution in [3.05, 3.63) is 24.3 Å². The molecule has 0 amide bonds. The van der Waals surface area contributed by atoms with E-state index >= 15 is 0 Å². The molecule has 270 valence electrons. The van der Waals surface area contributed by atoms with E-state index in [0.29, 0.717) is 12.8 Å². The lowest BCUT2D eigenvalue weighted by atomic mass is 10.1. The van der Waals surface area contributed by atoms with E-state index in [4.69, 9.17) is 9.47 Å². The molecule has 0 radical (unpaired) electrons. The summed E-state index contributed by atoms with van der Waals surface area (Å²) in [4.78, 5) is 46.3. The quantitative estimate of drug-likeness (QED) is 0.0287. The Hall–Kier alpha value is -1.47. The fourth-order valence-electron chi connectivity index (χ4n) is 5.12. The zero-order valence-electron chi connectivity index (χ0n) is 29.4. The van der Waals surface area contributed by atoms with E-state index in [1.165, 1.54) is 70.6 Å². The molecule has 8 nitrogen and oxygen atoms in total. The van der Waals surface area contributed by atoms with Gasteiger partial charge >= 0.3 is 11.9 Å². The van der Waals surface area contributed by atoms with Crippen molar-refractivity contribution < 1.29 is 37.9 Å². The van der Waals surface area contributed by atoms with Gasteiger partial charge in [-0.1, -0.05) is 128 Å². The van der Waals surface area contributed by atoms with Gasteiger partial charge in [0.25, 0.3) is 0 Å². The summed E-state index contributed by atoms with van der Waals surface area (Å²) in [7, 11) is -5.25. The number of phosphoric ester groups is 1. The Balaban J connectivity index is 3.99. The molecule has 0 aromatic carbocycles. The van der Waals surface area contributed by atoms with Gasteiger partial charge in [-0.3, -0.25) is 9.59 Å². The Morgan fingerprint density at radius 3 is 1.35 bits per heavy atom. The van der Waals surface area contributed by atoms with Crippen molar-refractivity contribution in [2.75, 3.05) is 13.2 Å². The molecule has 0 heterocycles. The lowest BCUT2D eigenvalue weighted by Gasteiger charge is -2.30. The number of carbonyl (C=O) groups excluding carboxylic acids is 2. The van der Waals surface area contributed by atoms with Crippen molar-refractivity contribution in [2.45, 2.75) is 187 Å². The van der Waals surface area contributed by atoms with E-state index in [-0.39, 0.29) is 19.4 Å². The average molecular weight is 671 g/mol. The van der Waals surface area contributed by atoms with E-state index in [2.05, 4.69) is 42.7 Å². The Morgan fingerprint density at radius 1 is 0.543 bits per heavy atom. The maximum absolute atomic E-state index is 12.3. The highest BCUT2D eigenvalue weighted by molar-refractivity contribution is 7.43. The fraction of sp³-hybridized carbons (Fsp3) is 0.838. The third kappa shape index (κ3) is 35.4. The van der Waals surface area contributed by atoms with Crippen LogP contribution >= 0.6 is 7.82 Å². The van der Waals surface area contributed by atoms with Crippen LogP contribution in [0.1, 0.15) is 181 Å². The molecule has 0 unspecified atom stereocenters. The topological polar surface area (TPSA) is 125 Å². The van der Waals surface area contributed by atoms with Crippen LogP contribution in [0.5, 0.6) is 0 Å². The van der Waals surface area contributed by atoms with E-state index in [1.807, 2.05) is 0 Å². The zero-order chi connectivity index (χ0) is 34.0. The van der Waals surface area contributed by atoms with Crippen molar-refractivity contribution in [1.29, 1.82) is 0 Å². The first-order chi connectivity index (χ1) is 22.3. The van der Waals surface area contributed by atoms with Crippen LogP contribution < -0.4 is 9.79 Å². The highest BCUT2D eigenvalue weighted by Gasteiger charge is 2.18. The van der Waals surface area contributed by atoms with Crippen LogP contribution in [-0.4, -0.2) is 31.3 Å². The van der Waals surface area contributed by atoms with Crippen molar-refractivity contribution >= 4 is 19.8 Å². The first-order valence-corrected chi connectivity index (χ1v) is 20.1. The average Bonchev–Trinajstić information content (AvgIpc) is 3.02. The minimum atomic E-state index is -5.25. The predicted molar refractivity (Wildman–Crippen MR) is 184 cm³/mol. The molecule has 0 fully saturated rings. The first-order valence-electron chi connectivity index (χ1n) is 18.6.